The van der Waals surface area contributed by atoms with Crippen molar-refractivity contribution < 1.29 is 9.53 Å². The lowest BCUT2D eigenvalue weighted by Gasteiger charge is -2.14. The minimum absolute atomic E-state index is 0. The van der Waals surface area contributed by atoms with Gasteiger partial charge in [-0.15, -0.1) is 12.4 Å². The molecule has 2 N–H and O–H groups in total. The Kier molecular flexibility index (Phi) is 6.53. The first-order valence-electron chi connectivity index (χ1n) is 6.88. The zero-order chi connectivity index (χ0) is 15.4. The lowest BCUT2D eigenvalue weighted by atomic mass is 9.95. The molecule has 0 fully saturated rings. The van der Waals surface area contributed by atoms with E-state index in [0.717, 1.165) is 5.56 Å². The number of aryl methyl sites for hydroxylation is 2. The van der Waals surface area contributed by atoms with E-state index in [0.29, 0.717) is 5.69 Å². The van der Waals surface area contributed by atoms with Gasteiger partial charge < -0.3 is 10.5 Å². The Bertz CT molecular complexity index is 639. The topological polar surface area (TPSA) is 65.2 Å². The number of hydrogen-bond donors (Lipinski definition) is 1. The lowest BCUT2D eigenvalue weighted by molar-refractivity contribution is -0.141. The Labute approximate surface area is 137 Å². The zero-order valence-corrected chi connectivity index (χ0v) is 13.8. The summed E-state index contributed by atoms with van der Waals surface area (Å²) < 4.78 is 4.65. The number of ether oxygens (including phenoxy) is 1. The van der Waals surface area contributed by atoms with Crippen LogP contribution in [0.2, 0.25) is 0 Å². The first-order valence-corrected chi connectivity index (χ1v) is 6.88. The van der Waals surface area contributed by atoms with E-state index in [1.165, 1.54) is 23.8 Å². The third kappa shape index (κ3) is 4.06. The molecule has 0 spiro atoms. The summed E-state index contributed by atoms with van der Waals surface area (Å²) in [4.78, 5) is 15.6. The maximum absolute atomic E-state index is 11.3. The van der Waals surface area contributed by atoms with E-state index in [1.54, 1.807) is 6.20 Å². The van der Waals surface area contributed by atoms with Crippen LogP contribution in [0, 0.1) is 13.8 Å². The van der Waals surface area contributed by atoms with Crippen molar-refractivity contribution in [1.29, 1.82) is 0 Å². The molecule has 0 saturated carbocycles. The average molecular weight is 321 g/mol. The molecule has 22 heavy (non-hydrogen) atoms. The number of esters is 1. The summed E-state index contributed by atoms with van der Waals surface area (Å²) in [5, 5.41) is 0. The molecule has 1 aromatic heterocycles. The van der Waals surface area contributed by atoms with Crippen LogP contribution in [0.25, 0.3) is 11.1 Å². The Morgan fingerprint density at radius 3 is 2.50 bits per heavy atom. The second-order valence-electron chi connectivity index (χ2n) is 5.12. The quantitative estimate of drug-likeness (QED) is 0.877. The largest absolute Gasteiger partial charge is 0.469 e. The highest BCUT2D eigenvalue weighted by molar-refractivity contribution is 5.85. The molecule has 5 heteroatoms. The van der Waals surface area contributed by atoms with Gasteiger partial charge in [0.15, 0.2) is 0 Å². The SMILES string of the molecule is COC(=O)C[C@H](N)c1cc(-c2c(C)cccc2C)ccn1.Cl. The normalized spacial score (nSPS) is 11.5. The van der Waals surface area contributed by atoms with Crippen molar-refractivity contribution in [2.75, 3.05) is 7.11 Å². The zero-order valence-electron chi connectivity index (χ0n) is 13.0. The number of carbonyl (C=O) groups is 1. The van der Waals surface area contributed by atoms with E-state index >= 15 is 0 Å². The molecule has 4 nitrogen and oxygen atoms in total. The number of benzene rings is 1. The third-order valence-electron chi connectivity index (χ3n) is 3.55. The molecule has 0 aliphatic heterocycles. The standard InChI is InChI=1S/C17H20N2O2.ClH/c1-11-5-4-6-12(2)17(11)13-7-8-19-15(9-13)14(18)10-16(20)21-3;/h4-9,14H,10,18H2,1-3H3;1H/t14-;/m0./s1. The highest BCUT2D eigenvalue weighted by Crippen LogP contribution is 2.28. The van der Waals surface area contributed by atoms with Gasteiger partial charge in [0.1, 0.15) is 0 Å². The van der Waals surface area contributed by atoms with E-state index in [4.69, 9.17) is 5.73 Å². The van der Waals surface area contributed by atoms with Gasteiger partial charge in [-0.05, 0) is 48.2 Å². The van der Waals surface area contributed by atoms with Crippen LogP contribution in [0.15, 0.2) is 36.5 Å². The smallest absolute Gasteiger partial charge is 0.307 e. The van der Waals surface area contributed by atoms with Crippen molar-refractivity contribution in [1.82, 2.24) is 4.98 Å². The fraction of sp³-hybridized carbons (Fsp3) is 0.294. The maximum atomic E-state index is 11.3. The molecular formula is C17H21ClN2O2. The van der Waals surface area contributed by atoms with Crippen LogP contribution in [0.5, 0.6) is 0 Å². The van der Waals surface area contributed by atoms with Gasteiger partial charge >= 0.3 is 5.97 Å². The highest BCUT2D eigenvalue weighted by Gasteiger charge is 2.14. The second kappa shape index (κ2) is 7.92. The van der Waals surface area contributed by atoms with Gasteiger partial charge in [0.25, 0.3) is 0 Å². The first-order chi connectivity index (χ1) is 10.0. The summed E-state index contributed by atoms with van der Waals surface area (Å²) in [5.41, 5.74) is 11.4. The number of nitrogens with zero attached hydrogens (tertiary/aromatic N) is 1. The van der Waals surface area contributed by atoms with Crippen LogP contribution in [-0.2, 0) is 9.53 Å². The van der Waals surface area contributed by atoms with Gasteiger partial charge in [0.2, 0.25) is 0 Å². The third-order valence-corrected chi connectivity index (χ3v) is 3.55. The summed E-state index contributed by atoms with van der Waals surface area (Å²) in [7, 11) is 1.36. The van der Waals surface area contributed by atoms with Crippen LogP contribution < -0.4 is 5.73 Å². The highest BCUT2D eigenvalue weighted by atomic mass is 35.5. The van der Waals surface area contributed by atoms with Crippen LogP contribution in [0.1, 0.15) is 29.3 Å². The second-order valence-corrected chi connectivity index (χ2v) is 5.12. The van der Waals surface area contributed by atoms with Crippen LogP contribution in [-0.4, -0.2) is 18.1 Å². The van der Waals surface area contributed by atoms with E-state index < -0.39 is 6.04 Å². The van der Waals surface area contributed by atoms with Crippen molar-refractivity contribution in [2.24, 2.45) is 5.73 Å². The molecule has 2 rings (SSSR count). The number of pyridine rings is 1. The molecule has 0 amide bonds. The summed E-state index contributed by atoms with van der Waals surface area (Å²) >= 11 is 0. The number of carbonyl (C=O) groups excluding carboxylic acids is 1. The Hall–Kier alpha value is -1.91. The number of rotatable bonds is 4. The summed E-state index contributed by atoms with van der Waals surface area (Å²) in [5.74, 6) is -0.332. The molecule has 118 valence electrons. The minimum atomic E-state index is -0.457. The van der Waals surface area contributed by atoms with E-state index in [9.17, 15) is 4.79 Å². The number of methoxy groups -OCH3 is 1. The monoisotopic (exact) mass is 320 g/mol. The van der Waals surface area contributed by atoms with Crippen LogP contribution in [0.3, 0.4) is 0 Å². The number of nitrogens with two attached hydrogens (primary N) is 1. The van der Waals surface area contributed by atoms with Crippen molar-refractivity contribution >= 4 is 18.4 Å². The van der Waals surface area contributed by atoms with Crippen molar-refractivity contribution in [3.8, 4) is 11.1 Å². The van der Waals surface area contributed by atoms with Crippen molar-refractivity contribution in [3.05, 3.63) is 53.3 Å². The summed E-state index contributed by atoms with van der Waals surface area (Å²) in [6.45, 7) is 4.16. The molecule has 1 heterocycles. The minimum Gasteiger partial charge on any atom is -0.469 e. The van der Waals surface area contributed by atoms with Gasteiger partial charge in [0.05, 0.1) is 25.3 Å². The summed E-state index contributed by atoms with van der Waals surface area (Å²) in [6.07, 6.45) is 1.85. The average Bonchev–Trinajstić information content (AvgIpc) is 2.47. The summed E-state index contributed by atoms with van der Waals surface area (Å²) in [6, 6.07) is 9.65. The predicted molar refractivity (Wildman–Crippen MR) is 90.0 cm³/mol. The fourth-order valence-corrected chi connectivity index (χ4v) is 2.44. The molecule has 0 radical (unpaired) electrons. The number of aromatic nitrogens is 1. The molecule has 2 aromatic rings. The molecule has 0 aliphatic carbocycles. The van der Waals surface area contributed by atoms with Gasteiger partial charge in [-0.1, -0.05) is 18.2 Å². The Morgan fingerprint density at radius 2 is 1.91 bits per heavy atom. The number of hydrogen-bond acceptors (Lipinski definition) is 4. The molecule has 1 aromatic carbocycles. The molecule has 1 atom stereocenters. The number of halogens is 1. The van der Waals surface area contributed by atoms with Crippen LogP contribution >= 0.6 is 12.4 Å². The van der Waals surface area contributed by atoms with E-state index in [2.05, 4.69) is 35.7 Å². The van der Waals surface area contributed by atoms with Gasteiger partial charge in [-0.25, -0.2) is 0 Å². The molecule has 0 bridgehead atoms. The van der Waals surface area contributed by atoms with Crippen molar-refractivity contribution in [2.45, 2.75) is 26.3 Å². The molecule has 0 saturated heterocycles. The van der Waals surface area contributed by atoms with Gasteiger partial charge in [-0.3, -0.25) is 9.78 Å². The van der Waals surface area contributed by atoms with E-state index in [1.807, 2.05) is 18.2 Å². The first kappa shape index (κ1) is 18.1. The Balaban J connectivity index is 0.00000242. The van der Waals surface area contributed by atoms with Gasteiger partial charge in [-0.2, -0.15) is 0 Å². The van der Waals surface area contributed by atoms with E-state index in [-0.39, 0.29) is 24.8 Å². The maximum Gasteiger partial charge on any atom is 0.307 e. The van der Waals surface area contributed by atoms with Crippen molar-refractivity contribution in [3.63, 3.8) is 0 Å². The molecular weight excluding hydrogens is 300 g/mol. The fourth-order valence-electron chi connectivity index (χ4n) is 2.44. The molecule has 0 aliphatic rings. The van der Waals surface area contributed by atoms with Crippen LogP contribution in [0.4, 0.5) is 0 Å². The predicted octanol–water partition coefficient (Wildman–Crippen LogP) is 3.35. The molecule has 0 unspecified atom stereocenters. The lowest BCUT2D eigenvalue weighted by Crippen LogP contribution is -2.17. The van der Waals surface area contributed by atoms with Gasteiger partial charge in [0, 0.05) is 6.20 Å². The Morgan fingerprint density at radius 1 is 1.27 bits per heavy atom.